The maximum absolute atomic E-state index is 5.80. The molecule has 2 heteroatoms. The molecule has 0 spiro atoms. The fraction of sp³-hybridized carbons (Fsp3) is 0.538. The number of hydrogen-bond acceptors (Lipinski definition) is 2. The second-order valence-corrected chi connectivity index (χ2v) is 4.10. The van der Waals surface area contributed by atoms with Gasteiger partial charge in [-0.3, -0.25) is 0 Å². The maximum Gasteiger partial charge on any atom is 0.0230 e. The molecular formula is C13H22N2. The Hall–Kier alpha value is -1.02. The van der Waals surface area contributed by atoms with Crippen LogP contribution in [-0.4, -0.2) is 25.0 Å². The minimum atomic E-state index is 0.872. The van der Waals surface area contributed by atoms with E-state index < -0.39 is 0 Å². The highest BCUT2D eigenvalue weighted by molar-refractivity contribution is 5.34. The fourth-order valence-corrected chi connectivity index (χ4v) is 1.83. The van der Waals surface area contributed by atoms with E-state index in [4.69, 9.17) is 5.73 Å². The van der Waals surface area contributed by atoms with E-state index in [1.54, 1.807) is 0 Å². The number of likely N-dealkylation sites (tertiary alicyclic amines) is 1. The predicted molar refractivity (Wildman–Crippen MR) is 66.5 cm³/mol. The Morgan fingerprint density at radius 1 is 1.40 bits per heavy atom. The zero-order valence-corrected chi connectivity index (χ0v) is 10.1. The number of piperidine rings is 1. The molecular weight excluding hydrogens is 184 g/mol. The van der Waals surface area contributed by atoms with Crippen LogP contribution in [0.2, 0.25) is 0 Å². The van der Waals surface area contributed by atoms with Gasteiger partial charge in [-0.05, 0) is 38.5 Å². The molecule has 1 aliphatic heterocycles. The first-order valence-electron chi connectivity index (χ1n) is 5.61. The van der Waals surface area contributed by atoms with Gasteiger partial charge in [-0.1, -0.05) is 18.2 Å². The fourth-order valence-electron chi connectivity index (χ4n) is 1.83. The number of likely N-dealkylation sites (N-methyl/N-ethyl adjacent to an activating group) is 1. The Kier molecular flexibility index (Phi) is 4.63. The number of nitrogens with two attached hydrogens (primary N) is 1. The maximum atomic E-state index is 5.80. The lowest BCUT2D eigenvalue weighted by molar-refractivity contribution is 0.347. The lowest BCUT2D eigenvalue weighted by atomic mass is 9.96. The standard InChI is InChI=1S/C13H22N2/c1-4-11-8-9-15(3)10-12(11)6-7-13(14)5-2/h4-6H,7-10,14H2,1-3H3/b11-4-,12-6-,13-5-. The van der Waals surface area contributed by atoms with Crippen molar-refractivity contribution in [3.8, 4) is 0 Å². The highest BCUT2D eigenvalue weighted by Gasteiger charge is 2.14. The van der Waals surface area contributed by atoms with Gasteiger partial charge in [-0.2, -0.15) is 0 Å². The van der Waals surface area contributed by atoms with Crippen LogP contribution >= 0.6 is 0 Å². The summed E-state index contributed by atoms with van der Waals surface area (Å²) in [6.07, 6.45) is 8.50. The van der Waals surface area contributed by atoms with Crippen molar-refractivity contribution in [3.05, 3.63) is 35.1 Å². The smallest absolute Gasteiger partial charge is 0.0230 e. The number of allylic oxidation sites excluding steroid dienone is 3. The minimum absolute atomic E-state index is 0.872. The van der Waals surface area contributed by atoms with Crippen LogP contribution in [0.3, 0.4) is 0 Å². The van der Waals surface area contributed by atoms with Gasteiger partial charge >= 0.3 is 0 Å². The van der Waals surface area contributed by atoms with Crippen molar-refractivity contribution in [2.75, 3.05) is 20.1 Å². The molecule has 1 fully saturated rings. The molecule has 15 heavy (non-hydrogen) atoms. The molecule has 2 nitrogen and oxygen atoms in total. The molecule has 1 heterocycles. The minimum Gasteiger partial charge on any atom is -0.402 e. The Labute approximate surface area is 93.1 Å². The Morgan fingerprint density at radius 3 is 2.73 bits per heavy atom. The summed E-state index contributed by atoms with van der Waals surface area (Å²) in [4.78, 5) is 2.35. The average Bonchev–Trinajstić information content (AvgIpc) is 2.26. The molecule has 0 aromatic heterocycles. The molecule has 0 unspecified atom stereocenters. The van der Waals surface area contributed by atoms with Crippen molar-refractivity contribution in [3.63, 3.8) is 0 Å². The molecule has 1 rings (SSSR count). The van der Waals surface area contributed by atoms with Crippen molar-refractivity contribution in [2.45, 2.75) is 26.7 Å². The van der Waals surface area contributed by atoms with Crippen LogP contribution in [0.4, 0.5) is 0 Å². The molecule has 2 N–H and O–H groups in total. The van der Waals surface area contributed by atoms with Crippen LogP contribution in [0.25, 0.3) is 0 Å². The van der Waals surface area contributed by atoms with Crippen LogP contribution in [0.5, 0.6) is 0 Å². The van der Waals surface area contributed by atoms with E-state index in [1.807, 2.05) is 13.0 Å². The van der Waals surface area contributed by atoms with E-state index in [-0.39, 0.29) is 0 Å². The third kappa shape index (κ3) is 3.56. The van der Waals surface area contributed by atoms with Crippen molar-refractivity contribution in [2.24, 2.45) is 5.73 Å². The molecule has 0 bridgehead atoms. The van der Waals surface area contributed by atoms with Crippen molar-refractivity contribution in [1.82, 2.24) is 4.90 Å². The summed E-state index contributed by atoms with van der Waals surface area (Å²) in [6, 6.07) is 0. The van der Waals surface area contributed by atoms with Crippen LogP contribution < -0.4 is 5.73 Å². The summed E-state index contributed by atoms with van der Waals surface area (Å²) in [7, 11) is 2.17. The highest BCUT2D eigenvalue weighted by Crippen LogP contribution is 2.21. The predicted octanol–water partition coefficient (Wildman–Crippen LogP) is 2.45. The summed E-state index contributed by atoms with van der Waals surface area (Å²) in [5, 5.41) is 0. The lowest BCUT2D eigenvalue weighted by Gasteiger charge is -2.27. The van der Waals surface area contributed by atoms with Gasteiger partial charge in [0.2, 0.25) is 0 Å². The molecule has 0 atom stereocenters. The summed E-state index contributed by atoms with van der Waals surface area (Å²) >= 11 is 0. The van der Waals surface area contributed by atoms with Crippen LogP contribution in [-0.2, 0) is 0 Å². The molecule has 0 amide bonds. The van der Waals surface area contributed by atoms with Crippen molar-refractivity contribution in [1.29, 1.82) is 0 Å². The average molecular weight is 206 g/mol. The zero-order valence-electron chi connectivity index (χ0n) is 10.1. The second kappa shape index (κ2) is 5.76. The monoisotopic (exact) mass is 206 g/mol. The first-order valence-corrected chi connectivity index (χ1v) is 5.61. The van der Waals surface area contributed by atoms with E-state index in [0.29, 0.717) is 0 Å². The normalized spacial score (nSPS) is 25.1. The summed E-state index contributed by atoms with van der Waals surface area (Å²) < 4.78 is 0. The van der Waals surface area contributed by atoms with Gasteiger partial charge in [0.05, 0.1) is 0 Å². The first kappa shape index (κ1) is 12.1. The Morgan fingerprint density at radius 2 is 2.13 bits per heavy atom. The quantitative estimate of drug-likeness (QED) is 0.752. The first-order chi connectivity index (χ1) is 7.17. The summed E-state index contributed by atoms with van der Waals surface area (Å²) in [5.74, 6) is 0. The third-order valence-corrected chi connectivity index (χ3v) is 2.92. The van der Waals surface area contributed by atoms with Gasteiger partial charge in [0.25, 0.3) is 0 Å². The third-order valence-electron chi connectivity index (χ3n) is 2.92. The molecule has 0 saturated carbocycles. The molecule has 84 valence electrons. The van der Waals surface area contributed by atoms with Crippen molar-refractivity contribution >= 4 is 0 Å². The van der Waals surface area contributed by atoms with Crippen LogP contribution in [0.1, 0.15) is 26.7 Å². The van der Waals surface area contributed by atoms with Crippen LogP contribution in [0, 0.1) is 0 Å². The SMILES string of the molecule is C/C=C(\N)C/C=C1/CN(C)CC/C1=C/C. The largest absolute Gasteiger partial charge is 0.402 e. The number of rotatable bonds is 2. The van der Waals surface area contributed by atoms with Gasteiger partial charge in [0.1, 0.15) is 0 Å². The van der Waals surface area contributed by atoms with Gasteiger partial charge < -0.3 is 10.6 Å². The molecule has 0 aliphatic carbocycles. The summed E-state index contributed by atoms with van der Waals surface area (Å²) in [6.45, 7) is 6.32. The molecule has 0 aromatic rings. The van der Waals surface area contributed by atoms with E-state index in [1.165, 1.54) is 11.1 Å². The molecule has 0 aromatic carbocycles. The number of hydrogen-bond donors (Lipinski definition) is 1. The van der Waals surface area contributed by atoms with Gasteiger partial charge in [-0.25, -0.2) is 0 Å². The number of nitrogens with zero attached hydrogens (tertiary/aromatic N) is 1. The second-order valence-electron chi connectivity index (χ2n) is 4.10. The molecule has 0 radical (unpaired) electrons. The zero-order chi connectivity index (χ0) is 11.3. The molecule has 1 saturated heterocycles. The Bertz CT molecular complexity index is 298. The van der Waals surface area contributed by atoms with Crippen LogP contribution in [0.15, 0.2) is 35.1 Å². The lowest BCUT2D eigenvalue weighted by Crippen LogP contribution is -2.28. The van der Waals surface area contributed by atoms with Gasteiger partial charge in [-0.15, -0.1) is 0 Å². The van der Waals surface area contributed by atoms with Gasteiger partial charge in [0, 0.05) is 25.2 Å². The highest BCUT2D eigenvalue weighted by atomic mass is 15.1. The van der Waals surface area contributed by atoms with Gasteiger partial charge in [0.15, 0.2) is 0 Å². The summed E-state index contributed by atoms with van der Waals surface area (Å²) in [5.41, 5.74) is 9.67. The van der Waals surface area contributed by atoms with E-state index in [2.05, 4.69) is 31.0 Å². The van der Waals surface area contributed by atoms with E-state index in [9.17, 15) is 0 Å². The Balaban J connectivity index is 2.71. The molecule has 1 aliphatic rings. The van der Waals surface area contributed by atoms with Crippen molar-refractivity contribution < 1.29 is 0 Å². The topological polar surface area (TPSA) is 29.3 Å². The van der Waals surface area contributed by atoms with E-state index >= 15 is 0 Å². The van der Waals surface area contributed by atoms with E-state index in [0.717, 1.165) is 31.6 Å².